The molecular formula is C16H12NO5-. The van der Waals surface area contributed by atoms with E-state index in [2.05, 4.69) is 4.98 Å². The number of aromatic nitrogens is 1. The number of carbonyl (C=O) groups excluding carboxylic acids is 2. The summed E-state index contributed by atoms with van der Waals surface area (Å²) in [5, 5.41) is 20.1. The lowest BCUT2D eigenvalue weighted by Crippen LogP contribution is -2.28. The molecule has 0 amide bonds. The first-order chi connectivity index (χ1) is 10.6. The fraction of sp³-hybridized carbons (Fsp3) is 0.0625. The van der Waals surface area contributed by atoms with Crippen LogP contribution in [-0.4, -0.2) is 28.4 Å². The van der Waals surface area contributed by atoms with Crippen molar-refractivity contribution in [3.8, 4) is 11.5 Å². The molecule has 1 N–H and O–H groups in total. The van der Waals surface area contributed by atoms with Gasteiger partial charge in [-0.3, -0.25) is 9.78 Å². The summed E-state index contributed by atoms with van der Waals surface area (Å²) in [4.78, 5) is 26.2. The Balaban J connectivity index is 2.10. The summed E-state index contributed by atoms with van der Waals surface area (Å²) in [6, 6.07) is 7.45. The number of nitrogens with zero attached hydrogens (tertiary/aromatic N) is 1. The largest absolute Gasteiger partial charge is 0.546 e. The Labute approximate surface area is 126 Å². The first-order valence-electron chi connectivity index (χ1n) is 6.34. The first-order valence-corrected chi connectivity index (χ1v) is 6.34. The fourth-order valence-electron chi connectivity index (χ4n) is 1.69. The van der Waals surface area contributed by atoms with Gasteiger partial charge >= 0.3 is 0 Å². The second-order valence-corrected chi connectivity index (χ2v) is 4.32. The predicted octanol–water partition coefficient (Wildman–Crippen LogP) is 0.812. The number of rotatable bonds is 6. The van der Waals surface area contributed by atoms with Crippen LogP contribution in [0.15, 0.2) is 48.8 Å². The third-order valence-corrected chi connectivity index (χ3v) is 2.70. The lowest BCUT2D eigenvalue weighted by Gasteiger charge is -2.08. The summed E-state index contributed by atoms with van der Waals surface area (Å²) >= 11 is 0. The first kappa shape index (κ1) is 15.2. The number of ether oxygens (including phenoxy) is 1. The zero-order valence-corrected chi connectivity index (χ0v) is 11.4. The van der Waals surface area contributed by atoms with Gasteiger partial charge in [0.2, 0.25) is 0 Å². The standard InChI is InChI=1S/C16H13NO5/c18-14(6-3-11-2-1-7-17-9-11)13-5-4-12(8-15(13)19)22-10-16(20)21/h1-9,19H,10H2,(H,20,21)/p-1/b6-3+. The van der Waals surface area contributed by atoms with Crippen LogP contribution >= 0.6 is 0 Å². The van der Waals surface area contributed by atoms with E-state index in [9.17, 15) is 19.8 Å². The highest BCUT2D eigenvalue weighted by Gasteiger charge is 2.09. The molecule has 0 aliphatic rings. The number of phenolic OH excluding ortho intramolecular Hbond substituents is 1. The minimum absolute atomic E-state index is 0.0842. The van der Waals surface area contributed by atoms with Crippen molar-refractivity contribution >= 4 is 17.8 Å². The van der Waals surface area contributed by atoms with Crippen molar-refractivity contribution in [2.45, 2.75) is 0 Å². The van der Waals surface area contributed by atoms with Crippen LogP contribution in [0.2, 0.25) is 0 Å². The van der Waals surface area contributed by atoms with Gasteiger partial charge in [-0.1, -0.05) is 6.07 Å². The molecular weight excluding hydrogens is 286 g/mol. The van der Waals surface area contributed by atoms with Gasteiger partial charge in [0.1, 0.15) is 18.1 Å². The summed E-state index contributed by atoms with van der Waals surface area (Å²) in [6.45, 7) is -0.631. The number of hydrogen-bond acceptors (Lipinski definition) is 6. The average Bonchev–Trinajstić information content (AvgIpc) is 2.51. The Morgan fingerprint density at radius 1 is 1.32 bits per heavy atom. The number of carbonyl (C=O) groups is 2. The van der Waals surface area contributed by atoms with Gasteiger partial charge in [-0.05, 0) is 35.9 Å². The lowest BCUT2D eigenvalue weighted by molar-refractivity contribution is -0.307. The van der Waals surface area contributed by atoms with Gasteiger partial charge in [0.05, 0.1) is 11.5 Å². The quantitative estimate of drug-likeness (QED) is 0.626. The van der Waals surface area contributed by atoms with E-state index in [1.54, 1.807) is 30.6 Å². The summed E-state index contributed by atoms with van der Waals surface area (Å²) in [5.41, 5.74) is 0.838. The summed E-state index contributed by atoms with van der Waals surface area (Å²) in [6.07, 6.45) is 6.11. The van der Waals surface area contributed by atoms with Gasteiger partial charge in [-0.2, -0.15) is 0 Å². The maximum atomic E-state index is 12.0. The Kier molecular flexibility index (Phi) is 4.87. The van der Waals surface area contributed by atoms with Crippen LogP contribution in [0.3, 0.4) is 0 Å². The zero-order chi connectivity index (χ0) is 15.9. The van der Waals surface area contributed by atoms with Crippen LogP contribution in [0.1, 0.15) is 15.9 Å². The highest BCUT2D eigenvalue weighted by molar-refractivity contribution is 6.08. The minimum atomic E-state index is -1.38. The van der Waals surface area contributed by atoms with Gasteiger partial charge in [-0.15, -0.1) is 0 Å². The summed E-state index contributed by atoms with van der Waals surface area (Å²) < 4.78 is 4.85. The van der Waals surface area contributed by atoms with E-state index in [0.717, 1.165) is 5.56 Å². The number of aliphatic carboxylic acids is 1. The second kappa shape index (κ2) is 7.03. The van der Waals surface area contributed by atoms with Crippen molar-refractivity contribution in [2.24, 2.45) is 0 Å². The molecule has 22 heavy (non-hydrogen) atoms. The van der Waals surface area contributed by atoms with Crippen molar-refractivity contribution in [3.63, 3.8) is 0 Å². The summed E-state index contributed by atoms with van der Waals surface area (Å²) in [5.74, 6) is -1.93. The molecule has 0 unspecified atom stereocenters. The van der Waals surface area contributed by atoms with Gasteiger partial charge in [-0.25, -0.2) is 0 Å². The van der Waals surface area contributed by atoms with Crippen LogP contribution in [-0.2, 0) is 4.79 Å². The molecule has 0 bridgehead atoms. The number of hydrogen-bond donors (Lipinski definition) is 1. The number of carboxylic acids is 1. The van der Waals surface area contributed by atoms with Crippen molar-refractivity contribution in [1.29, 1.82) is 0 Å². The van der Waals surface area contributed by atoms with E-state index in [4.69, 9.17) is 4.74 Å². The molecule has 1 aromatic heterocycles. The monoisotopic (exact) mass is 298 g/mol. The molecule has 0 aliphatic carbocycles. The number of pyridine rings is 1. The van der Waals surface area contributed by atoms with Crippen LogP contribution in [0, 0.1) is 0 Å². The Hall–Kier alpha value is -3.15. The maximum absolute atomic E-state index is 12.0. The van der Waals surface area contributed by atoms with Crippen molar-refractivity contribution in [3.05, 3.63) is 59.9 Å². The second-order valence-electron chi connectivity index (χ2n) is 4.32. The SMILES string of the molecule is O=C([O-])COc1ccc(C(=O)/C=C/c2cccnc2)c(O)c1. The molecule has 0 saturated heterocycles. The Morgan fingerprint density at radius 2 is 2.14 bits per heavy atom. The smallest absolute Gasteiger partial charge is 0.189 e. The Bertz CT molecular complexity index is 710. The van der Waals surface area contributed by atoms with Gasteiger partial charge in [0.25, 0.3) is 0 Å². The average molecular weight is 298 g/mol. The number of aromatic hydroxyl groups is 1. The zero-order valence-electron chi connectivity index (χ0n) is 11.4. The van der Waals surface area contributed by atoms with Crippen molar-refractivity contribution < 1.29 is 24.5 Å². The Morgan fingerprint density at radius 3 is 2.77 bits per heavy atom. The molecule has 6 heteroatoms. The van der Waals surface area contributed by atoms with Crippen LogP contribution in [0.5, 0.6) is 11.5 Å². The van der Waals surface area contributed by atoms with Crippen LogP contribution in [0.4, 0.5) is 0 Å². The van der Waals surface area contributed by atoms with E-state index in [-0.39, 0.29) is 17.1 Å². The number of carboxylic acid groups (broad SMARTS) is 1. The lowest BCUT2D eigenvalue weighted by atomic mass is 10.1. The number of benzene rings is 1. The molecule has 2 aromatic rings. The van der Waals surface area contributed by atoms with Gasteiger partial charge in [0.15, 0.2) is 5.78 Å². The fourth-order valence-corrected chi connectivity index (χ4v) is 1.69. The maximum Gasteiger partial charge on any atom is 0.189 e. The normalized spacial score (nSPS) is 10.5. The third kappa shape index (κ3) is 4.17. The van der Waals surface area contributed by atoms with E-state index >= 15 is 0 Å². The molecule has 0 spiro atoms. The molecule has 0 aliphatic heterocycles. The highest BCUT2D eigenvalue weighted by Crippen LogP contribution is 2.24. The van der Waals surface area contributed by atoms with Gasteiger partial charge in [0, 0.05) is 18.5 Å². The summed E-state index contributed by atoms with van der Waals surface area (Å²) in [7, 11) is 0. The number of phenols is 1. The van der Waals surface area contributed by atoms with E-state index < -0.39 is 18.4 Å². The topological polar surface area (TPSA) is 99.6 Å². The molecule has 0 saturated carbocycles. The molecule has 112 valence electrons. The highest BCUT2D eigenvalue weighted by atomic mass is 16.5. The molecule has 0 atom stereocenters. The van der Waals surface area contributed by atoms with Crippen molar-refractivity contribution in [2.75, 3.05) is 6.61 Å². The molecule has 1 heterocycles. The predicted molar refractivity (Wildman–Crippen MR) is 76.2 cm³/mol. The van der Waals surface area contributed by atoms with Crippen LogP contribution < -0.4 is 9.84 Å². The molecule has 6 nitrogen and oxygen atoms in total. The minimum Gasteiger partial charge on any atom is -0.546 e. The van der Waals surface area contributed by atoms with Gasteiger partial charge < -0.3 is 19.7 Å². The number of ketones is 1. The molecule has 2 rings (SSSR count). The van der Waals surface area contributed by atoms with Crippen molar-refractivity contribution in [1.82, 2.24) is 4.98 Å². The molecule has 1 aromatic carbocycles. The van der Waals surface area contributed by atoms with E-state index in [1.165, 1.54) is 24.3 Å². The van der Waals surface area contributed by atoms with E-state index in [1.807, 2.05) is 0 Å². The molecule has 0 fully saturated rings. The number of allylic oxidation sites excluding steroid dienone is 1. The van der Waals surface area contributed by atoms with E-state index in [0.29, 0.717) is 0 Å². The van der Waals surface area contributed by atoms with Crippen LogP contribution in [0.25, 0.3) is 6.08 Å². The third-order valence-electron chi connectivity index (χ3n) is 2.70. The molecule has 0 radical (unpaired) electrons.